The maximum atomic E-state index is 10.9. The molecule has 1 aromatic rings. The van der Waals surface area contributed by atoms with Gasteiger partial charge in [0.25, 0.3) is 5.69 Å². The van der Waals surface area contributed by atoms with E-state index in [1.165, 1.54) is 12.1 Å². The minimum atomic E-state index is -0.394. The van der Waals surface area contributed by atoms with Crippen molar-refractivity contribution in [3.63, 3.8) is 0 Å². The van der Waals surface area contributed by atoms with E-state index in [9.17, 15) is 10.1 Å². The second-order valence-electron chi connectivity index (χ2n) is 4.63. The summed E-state index contributed by atoms with van der Waals surface area (Å²) in [5, 5.41) is 13.8. The van der Waals surface area contributed by atoms with Crippen molar-refractivity contribution in [1.29, 1.82) is 0 Å². The average molecular weight is 266 g/mol. The minimum Gasteiger partial charge on any atom is -0.384 e. The molecule has 0 bridgehead atoms. The van der Waals surface area contributed by atoms with Gasteiger partial charge in [-0.1, -0.05) is 0 Å². The lowest BCUT2D eigenvalue weighted by Gasteiger charge is -2.18. The molecule has 1 aliphatic heterocycles. The number of rotatable bonds is 5. The monoisotopic (exact) mass is 266 g/mol. The molecule has 7 heteroatoms. The molecule has 0 radical (unpaired) electrons. The van der Waals surface area contributed by atoms with Gasteiger partial charge in [0.05, 0.1) is 23.7 Å². The molecule has 0 spiro atoms. The third-order valence-corrected chi connectivity index (χ3v) is 3.28. The fraction of sp³-hybridized carbons (Fsp3) is 0.583. The van der Waals surface area contributed by atoms with Gasteiger partial charge in [-0.25, -0.2) is 4.98 Å². The van der Waals surface area contributed by atoms with Crippen molar-refractivity contribution < 1.29 is 9.66 Å². The standard InChI is InChI=1S/C12H18N4O3/c1-13-11-5-10(16(17)18)6-12(14-11)15-4-3-9(7-15)8-19-2/h5-6,9H,3-4,7-8H2,1-2H3,(H,13,14). The lowest BCUT2D eigenvalue weighted by atomic mass is 10.1. The van der Waals surface area contributed by atoms with Gasteiger partial charge in [0.15, 0.2) is 0 Å². The Balaban J connectivity index is 2.20. The van der Waals surface area contributed by atoms with E-state index in [0.717, 1.165) is 19.5 Å². The highest BCUT2D eigenvalue weighted by molar-refractivity contribution is 5.56. The van der Waals surface area contributed by atoms with Gasteiger partial charge in [0.1, 0.15) is 11.6 Å². The Morgan fingerprint density at radius 1 is 1.63 bits per heavy atom. The van der Waals surface area contributed by atoms with Crippen LogP contribution in [-0.4, -0.2) is 43.8 Å². The Morgan fingerprint density at radius 2 is 2.42 bits per heavy atom. The second kappa shape index (κ2) is 5.83. The van der Waals surface area contributed by atoms with Crippen molar-refractivity contribution in [3.05, 3.63) is 22.2 Å². The summed E-state index contributed by atoms with van der Waals surface area (Å²) >= 11 is 0. The summed E-state index contributed by atoms with van der Waals surface area (Å²) in [5.41, 5.74) is 0.0598. The smallest absolute Gasteiger partial charge is 0.276 e. The fourth-order valence-electron chi connectivity index (χ4n) is 2.31. The molecule has 2 heterocycles. The molecule has 104 valence electrons. The number of nitro groups is 1. The van der Waals surface area contributed by atoms with Crippen LogP contribution in [0.4, 0.5) is 17.3 Å². The van der Waals surface area contributed by atoms with Gasteiger partial charge in [0, 0.05) is 33.2 Å². The summed E-state index contributed by atoms with van der Waals surface area (Å²) in [6.07, 6.45) is 1.02. The first-order valence-corrected chi connectivity index (χ1v) is 6.22. The minimum absolute atomic E-state index is 0.0598. The predicted molar refractivity (Wildman–Crippen MR) is 72.6 cm³/mol. The molecule has 1 aliphatic rings. The molecule has 1 fully saturated rings. The maximum absolute atomic E-state index is 10.9. The number of aromatic nitrogens is 1. The third kappa shape index (κ3) is 3.11. The highest BCUT2D eigenvalue weighted by Crippen LogP contribution is 2.27. The topological polar surface area (TPSA) is 80.5 Å². The SMILES string of the molecule is CNc1cc([N+](=O)[O-])cc(N2CCC(COC)C2)n1. The molecule has 1 unspecified atom stereocenters. The molecule has 19 heavy (non-hydrogen) atoms. The first-order valence-electron chi connectivity index (χ1n) is 6.22. The number of anilines is 2. The summed E-state index contributed by atoms with van der Waals surface area (Å²) in [6, 6.07) is 2.96. The second-order valence-corrected chi connectivity index (χ2v) is 4.63. The van der Waals surface area contributed by atoms with E-state index in [1.54, 1.807) is 14.2 Å². The highest BCUT2D eigenvalue weighted by atomic mass is 16.6. The van der Waals surface area contributed by atoms with Gasteiger partial charge in [-0.3, -0.25) is 10.1 Å². The van der Waals surface area contributed by atoms with Gasteiger partial charge in [-0.05, 0) is 6.42 Å². The molecule has 0 amide bonds. The number of ether oxygens (including phenoxy) is 1. The summed E-state index contributed by atoms with van der Waals surface area (Å²) in [6.45, 7) is 2.39. The number of pyridine rings is 1. The molecule has 0 saturated carbocycles. The third-order valence-electron chi connectivity index (χ3n) is 3.28. The Hall–Kier alpha value is -1.89. The summed E-state index contributed by atoms with van der Waals surface area (Å²) < 4.78 is 5.15. The van der Waals surface area contributed by atoms with Crippen LogP contribution in [0.1, 0.15) is 6.42 Å². The lowest BCUT2D eigenvalue weighted by molar-refractivity contribution is -0.384. The van der Waals surface area contributed by atoms with Gasteiger partial charge in [-0.15, -0.1) is 0 Å². The van der Waals surface area contributed by atoms with Gasteiger partial charge >= 0.3 is 0 Å². The van der Waals surface area contributed by atoms with Crippen LogP contribution >= 0.6 is 0 Å². The Labute approximate surface area is 111 Å². The van der Waals surface area contributed by atoms with Crippen LogP contribution in [0.3, 0.4) is 0 Å². The lowest BCUT2D eigenvalue weighted by Crippen LogP contribution is -2.22. The molecule has 0 aliphatic carbocycles. The number of methoxy groups -OCH3 is 1. The van der Waals surface area contributed by atoms with Crippen molar-refractivity contribution in [2.24, 2.45) is 5.92 Å². The Kier molecular flexibility index (Phi) is 4.16. The quantitative estimate of drug-likeness (QED) is 0.642. The van der Waals surface area contributed by atoms with E-state index in [4.69, 9.17) is 4.74 Å². The Morgan fingerprint density at radius 3 is 3.05 bits per heavy atom. The van der Waals surface area contributed by atoms with Crippen LogP contribution in [0.5, 0.6) is 0 Å². The molecular formula is C12H18N4O3. The molecule has 7 nitrogen and oxygen atoms in total. The van der Waals surface area contributed by atoms with E-state index in [0.29, 0.717) is 24.2 Å². The number of hydrogen-bond donors (Lipinski definition) is 1. The van der Waals surface area contributed by atoms with E-state index in [-0.39, 0.29) is 5.69 Å². The van der Waals surface area contributed by atoms with Crippen LogP contribution in [0.15, 0.2) is 12.1 Å². The van der Waals surface area contributed by atoms with Crippen molar-refractivity contribution in [3.8, 4) is 0 Å². The van der Waals surface area contributed by atoms with Crippen molar-refractivity contribution >= 4 is 17.3 Å². The van der Waals surface area contributed by atoms with E-state index < -0.39 is 4.92 Å². The van der Waals surface area contributed by atoms with Gasteiger partial charge in [0.2, 0.25) is 0 Å². The molecule has 1 N–H and O–H groups in total. The number of nitrogens with zero attached hydrogens (tertiary/aromatic N) is 3. The van der Waals surface area contributed by atoms with E-state index >= 15 is 0 Å². The summed E-state index contributed by atoms with van der Waals surface area (Å²) in [5.74, 6) is 1.63. The largest absolute Gasteiger partial charge is 0.384 e. The van der Waals surface area contributed by atoms with Crippen molar-refractivity contribution in [2.45, 2.75) is 6.42 Å². The van der Waals surface area contributed by atoms with Crippen LogP contribution < -0.4 is 10.2 Å². The molecule has 1 saturated heterocycles. The summed E-state index contributed by atoms with van der Waals surface area (Å²) in [4.78, 5) is 17.0. The van der Waals surface area contributed by atoms with Gasteiger partial charge in [-0.2, -0.15) is 0 Å². The van der Waals surface area contributed by atoms with Crippen LogP contribution in [-0.2, 0) is 4.74 Å². The fourth-order valence-corrected chi connectivity index (χ4v) is 2.31. The van der Waals surface area contributed by atoms with Crippen LogP contribution in [0.25, 0.3) is 0 Å². The number of hydrogen-bond acceptors (Lipinski definition) is 6. The zero-order chi connectivity index (χ0) is 13.8. The molecule has 0 aromatic carbocycles. The normalized spacial score (nSPS) is 18.6. The maximum Gasteiger partial charge on any atom is 0.276 e. The number of nitrogens with one attached hydrogen (secondary N) is 1. The average Bonchev–Trinajstić information content (AvgIpc) is 2.87. The molecule has 2 rings (SSSR count). The summed E-state index contributed by atoms with van der Waals surface area (Å²) in [7, 11) is 3.39. The zero-order valence-corrected chi connectivity index (χ0v) is 11.1. The van der Waals surface area contributed by atoms with Crippen LogP contribution in [0, 0.1) is 16.0 Å². The molecule has 1 atom stereocenters. The van der Waals surface area contributed by atoms with Gasteiger partial charge < -0.3 is 15.0 Å². The van der Waals surface area contributed by atoms with E-state index in [1.807, 2.05) is 0 Å². The first-order chi connectivity index (χ1) is 9.13. The highest BCUT2D eigenvalue weighted by Gasteiger charge is 2.25. The molecule has 1 aromatic heterocycles. The first kappa shape index (κ1) is 13.5. The zero-order valence-electron chi connectivity index (χ0n) is 11.1. The van der Waals surface area contributed by atoms with Crippen molar-refractivity contribution in [2.75, 3.05) is 44.1 Å². The van der Waals surface area contributed by atoms with Crippen molar-refractivity contribution in [1.82, 2.24) is 4.98 Å². The molecular weight excluding hydrogens is 248 g/mol. The van der Waals surface area contributed by atoms with Crippen LogP contribution in [0.2, 0.25) is 0 Å². The van der Waals surface area contributed by atoms with E-state index in [2.05, 4.69) is 15.2 Å². The predicted octanol–water partition coefficient (Wildman–Crippen LogP) is 1.50. The Bertz CT molecular complexity index is 466.